The molecule has 0 heterocycles. The van der Waals surface area contributed by atoms with Gasteiger partial charge in [-0.15, -0.1) is 0 Å². The van der Waals surface area contributed by atoms with E-state index in [1.807, 2.05) is 13.8 Å². The summed E-state index contributed by atoms with van der Waals surface area (Å²) < 4.78 is 5.71. The van der Waals surface area contributed by atoms with Crippen LogP contribution in [0.1, 0.15) is 53.4 Å². The van der Waals surface area contributed by atoms with Gasteiger partial charge in [-0.05, 0) is 48.0 Å². The van der Waals surface area contributed by atoms with Crippen LogP contribution in [-0.2, 0) is 9.53 Å². The number of ether oxygens (including phenoxy) is 1. The number of rotatable bonds is 1. The molecule has 0 unspecified atom stereocenters. The predicted molar refractivity (Wildman–Crippen MR) is 102 cm³/mol. The summed E-state index contributed by atoms with van der Waals surface area (Å²) in [4.78, 5) is 12.0. The molecule has 0 aliphatic heterocycles. The van der Waals surface area contributed by atoms with E-state index in [9.17, 15) is 25.2 Å². The third-order valence-electron chi connectivity index (χ3n) is 9.00. The van der Waals surface area contributed by atoms with Gasteiger partial charge in [-0.3, -0.25) is 4.79 Å². The predicted octanol–water partition coefficient (Wildman–Crippen LogP) is 1.40. The molecule has 1 spiro atoms. The van der Waals surface area contributed by atoms with Crippen LogP contribution in [0.4, 0.5) is 0 Å². The minimum atomic E-state index is -1.13. The maximum Gasteiger partial charge on any atom is 0.303 e. The van der Waals surface area contributed by atoms with Crippen LogP contribution >= 0.6 is 0 Å². The van der Waals surface area contributed by atoms with E-state index in [1.54, 1.807) is 0 Å². The van der Waals surface area contributed by atoms with Gasteiger partial charge in [0.1, 0.15) is 12.2 Å². The second-order valence-corrected chi connectivity index (χ2v) is 10.6. The van der Waals surface area contributed by atoms with Crippen molar-refractivity contribution >= 4 is 5.97 Å². The Kier molecular flexibility index (Phi) is 4.38. The van der Waals surface area contributed by atoms with E-state index in [-0.39, 0.29) is 17.8 Å². The van der Waals surface area contributed by atoms with Crippen LogP contribution in [0.25, 0.3) is 0 Å². The van der Waals surface area contributed by atoms with Crippen LogP contribution in [-0.4, -0.2) is 56.9 Å². The number of esters is 1. The lowest BCUT2D eigenvalue weighted by Crippen LogP contribution is -2.73. The molecule has 0 amide bonds. The molecule has 4 fully saturated rings. The SMILES string of the molecule is C=C1[C@H]2C[C@H](O)[C@H]3[C@]4(C)CC[C@H](O)C(C)(C)[C@H]4[C@@H](OC(C)=O)[C@H](O)[C@]3(C2)[C@@H]1O. The minimum absolute atomic E-state index is 0.0452. The third-order valence-corrected chi connectivity index (χ3v) is 9.00. The van der Waals surface area contributed by atoms with Crippen LogP contribution in [0.3, 0.4) is 0 Å². The van der Waals surface area contributed by atoms with Gasteiger partial charge in [-0.2, -0.15) is 0 Å². The van der Waals surface area contributed by atoms with Gasteiger partial charge in [0.05, 0.1) is 18.3 Å². The zero-order valence-electron chi connectivity index (χ0n) is 17.3. The Morgan fingerprint density at radius 1 is 1.14 bits per heavy atom. The first-order chi connectivity index (χ1) is 12.9. The second kappa shape index (κ2) is 6.03. The van der Waals surface area contributed by atoms with Crippen molar-refractivity contribution in [3.8, 4) is 0 Å². The molecular weight excluding hydrogens is 360 g/mol. The highest BCUT2D eigenvalue weighted by molar-refractivity contribution is 5.66. The normalized spacial score (nSPS) is 54.6. The number of aliphatic hydroxyl groups excluding tert-OH is 4. The van der Waals surface area contributed by atoms with Crippen molar-refractivity contribution in [2.45, 2.75) is 83.9 Å². The van der Waals surface area contributed by atoms with Crippen molar-refractivity contribution in [1.82, 2.24) is 0 Å². The molecule has 4 saturated carbocycles. The van der Waals surface area contributed by atoms with E-state index >= 15 is 0 Å². The minimum Gasteiger partial charge on any atom is -0.459 e. The van der Waals surface area contributed by atoms with E-state index in [4.69, 9.17) is 4.74 Å². The molecule has 10 atom stereocenters. The number of aliphatic hydroxyl groups is 4. The molecule has 28 heavy (non-hydrogen) atoms. The Balaban J connectivity index is 1.93. The Morgan fingerprint density at radius 3 is 2.39 bits per heavy atom. The number of carbonyl (C=O) groups excluding carboxylic acids is 1. The summed E-state index contributed by atoms with van der Waals surface area (Å²) in [6, 6.07) is 0. The molecule has 0 radical (unpaired) electrons. The molecule has 0 saturated heterocycles. The summed E-state index contributed by atoms with van der Waals surface area (Å²) in [5.41, 5.74) is -1.44. The number of fused-ring (bicyclic) bond motifs is 3. The van der Waals surface area contributed by atoms with Gasteiger partial charge < -0.3 is 25.2 Å². The zero-order chi connectivity index (χ0) is 20.8. The van der Waals surface area contributed by atoms with Gasteiger partial charge in [0, 0.05) is 24.2 Å². The Morgan fingerprint density at radius 2 is 1.79 bits per heavy atom. The summed E-state index contributed by atoms with van der Waals surface area (Å²) in [5, 5.41) is 44.8. The lowest BCUT2D eigenvalue weighted by Gasteiger charge is -2.68. The molecule has 0 aromatic heterocycles. The van der Waals surface area contributed by atoms with Crippen molar-refractivity contribution in [2.24, 2.45) is 34.0 Å². The van der Waals surface area contributed by atoms with Crippen molar-refractivity contribution in [3.63, 3.8) is 0 Å². The van der Waals surface area contributed by atoms with Crippen LogP contribution in [0.5, 0.6) is 0 Å². The van der Waals surface area contributed by atoms with Gasteiger partial charge in [-0.25, -0.2) is 0 Å². The fourth-order valence-corrected chi connectivity index (χ4v) is 8.07. The first-order valence-electron chi connectivity index (χ1n) is 10.5. The smallest absolute Gasteiger partial charge is 0.303 e. The van der Waals surface area contributed by atoms with Gasteiger partial charge in [0.15, 0.2) is 0 Å². The quantitative estimate of drug-likeness (QED) is 0.396. The van der Waals surface area contributed by atoms with Gasteiger partial charge >= 0.3 is 5.97 Å². The standard InChI is InChI=1S/C22H34O6/c1-10-12-8-13(24)16-21(5)7-6-14(25)20(3,4)17(21)15(28-11(2)23)19(27)22(16,9-12)18(10)26/h12-19,24-27H,1,6-9H2,2-5H3/t12-,13-,14-,15+,16-,17+,18+,19-,21-,22-/m0/s1. The van der Waals surface area contributed by atoms with Crippen LogP contribution in [0.15, 0.2) is 12.2 Å². The van der Waals surface area contributed by atoms with E-state index in [0.29, 0.717) is 31.3 Å². The third kappa shape index (κ3) is 2.26. The molecule has 6 nitrogen and oxygen atoms in total. The van der Waals surface area contributed by atoms with E-state index in [2.05, 4.69) is 13.5 Å². The molecule has 158 valence electrons. The van der Waals surface area contributed by atoms with Crippen LogP contribution < -0.4 is 0 Å². The van der Waals surface area contributed by atoms with Crippen molar-refractivity contribution in [1.29, 1.82) is 0 Å². The zero-order valence-corrected chi connectivity index (χ0v) is 17.3. The van der Waals surface area contributed by atoms with Crippen molar-refractivity contribution in [2.75, 3.05) is 0 Å². The summed E-state index contributed by atoms with van der Waals surface area (Å²) in [7, 11) is 0. The summed E-state index contributed by atoms with van der Waals surface area (Å²) >= 11 is 0. The van der Waals surface area contributed by atoms with E-state index in [0.717, 1.165) is 0 Å². The lowest BCUT2D eigenvalue weighted by atomic mass is 9.38. The fraction of sp³-hybridized carbons (Fsp3) is 0.864. The second-order valence-electron chi connectivity index (χ2n) is 10.6. The Labute approximate surface area is 166 Å². The van der Waals surface area contributed by atoms with Crippen molar-refractivity contribution in [3.05, 3.63) is 12.2 Å². The largest absolute Gasteiger partial charge is 0.459 e. The molecular formula is C22H34O6. The molecule has 4 N–H and O–H groups in total. The van der Waals surface area contributed by atoms with E-state index < -0.39 is 52.7 Å². The topological polar surface area (TPSA) is 107 Å². The molecule has 0 aromatic rings. The summed E-state index contributed by atoms with van der Waals surface area (Å²) in [6.45, 7) is 11.4. The van der Waals surface area contributed by atoms with Gasteiger partial charge in [0.25, 0.3) is 0 Å². The molecule has 4 aliphatic carbocycles. The molecule has 6 heteroatoms. The Hall–Kier alpha value is -0.950. The van der Waals surface area contributed by atoms with E-state index in [1.165, 1.54) is 6.92 Å². The molecule has 2 bridgehead atoms. The fourth-order valence-electron chi connectivity index (χ4n) is 8.07. The highest BCUT2D eigenvalue weighted by Crippen LogP contribution is 2.72. The van der Waals surface area contributed by atoms with Gasteiger partial charge in [0.2, 0.25) is 0 Å². The maximum atomic E-state index is 12.0. The molecule has 4 aliphatic rings. The van der Waals surface area contributed by atoms with Gasteiger partial charge in [-0.1, -0.05) is 27.4 Å². The lowest BCUT2D eigenvalue weighted by molar-refractivity contribution is -0.299. The average molecular weight is 395 g/mol. The highest BCUT2D eigenvalue weighted by atomic mass is 16.6. The average Bonchev–Trinajstić information content (AvgIpc) is 2.78. The number of carbonyl (C=O) groups is 1. The monoisotopic (exact) mass is 394 g/mol. The first-order valence-corrected chi connectivity index (χ1v) is 10.5. The van der Waals surface area contributed by atoms with Crippen LogP contribution in [0, 0.1) is 34.0 Å². The molecule has 0 aromatic carbocycles. The Bertz CT molecular complexity index is 703. The molecule has 4 rings (SSSR count). The maximum absolute atomic E-state index is 12.0. The highest BCUT2D eigenvalue weighted by Gasteiger charge is 2.75. The summed E-state index contributed by atoms with van der Waals surface area (Å²) in [6.07, 6.45) is -1.92. The first kappa shape index (κ1) is 20.3. The number of hydrogen-bond donors (Lipinski definition) is 4. The summed E-state index contributed by atoms with van der Waals surface area (Å²) in [5.74, 6) is -1.23. The van der Waals surface area contributed by atoms with Crippen molar-refractivity contribution < 1.29 is 30.0 Å². The number of hydrogen-bond acceptors (Lipinski definition) is 6. The van der Waals surface area contributed by atoms with Crippen LogP contribution in [0.2, 0.25) is 0 Å².